The first-order valence-corrected chi connectivity index (χ1v) is 6.99. The summed E-state index contributed by atoms with van der Waals surface area (Å²) in [6.45, 7) is 2.74. The summed E-state index contributed by atoms with van der Waals surface area (Å²) in [4.78, 5) is 11.6. The van der Waals surface area contributed by atoms with Crippen molar-refractivity contribution < 1.29 is 19.0 Å². The maximum absolute atomic E-state index is 11.6. The van der Waals surface area contributed by atoms with Crippen molar-refractivity contribution in [1.82, 2.24) is 5.32 Å². The number of carbonyl (C=O) groups is 1. The molecule has 126 valence electrons. The van der Waals surface area contributed by atoms with Crippen LogP contribution in [0, 0.1) is 0 Å². The van der Waals surface area contributed by atoms with Crippen LogP contribution in [0.4, 0.5) is 0 Å². The van der Waals surface area contributed by atoms with E-state index in [1.54, 1.807) is 32.4 Å². The van der Waals surface area contributed by atoms with Crippen LogP contribution in [0.3, 0.4) is 0 Å². The van der Waals surface area contributed by atoms with Crippen molar-refractivity contribution in [3.63, 3.8) is 0 Å². The van der Waals surface area contributed by atoms with Crippen molar-refractivity contribution in [3.8, 4) is 17.2 Å². The minimum atomic E-state index is -0.452. The largest absolute Gasteiger partial charge is 0.496 e. The molecule has 0 radical (unpaired) electrons. The summed E-state index contributed by atoms with van der Waals surface area (Å²) in [5.74, 6) is 1.78. The summed E-state index contributed by atoms with van der Waals surface area (Å²) in [7, 11) is 3.15. The summed E-state index contributed by atoms with van der Waals surface area (Å²) >= 11 is 0. The Morgan fingerprint density at radius 1 is 1.18 bits per heavy atom. The highest BCUT2D eigenvalue weighted by molar-refractivity contribution is 5.85. The molecule has 3 N–H and O–H groups in total. The summed E-state index contributed by atoms with van der Waals surface area (Å²) in [6, 6.07) is 4.82. The van der Waals surface area contributed by atoms with E-state index in [4.69, 9.17) is 19.9 Å². The van der Waals surface area contributed by atoms with Crippen LogP contribution in [0.15, 0.2) is 18.2 Å². The molecule has 6 nitrogen and oxygen atoms in total. The normalized spacial score (nSPS) is 11.1. The number of halogens is 1. The Morgan fingerprint density at radius 2 is 1.73 bits per heavy atom. The highest BCUT2D eigenvalue weighted by Gasteiger charge is 2.11. The van der Waals surface area contributed by atoms with E-state index in [9.17, 15) is 4.79 Å². The van der Waals surface area contributed by atoms with Crippen molar-refractivity contribution >= 4 is 18.3 Å². The SMILES string of the molecule is CCCC(N)C(=O)NCCOc1cc(OC)cc(OC)c1.Cl. The van der Waals surface area contributed by atoms with Gasteiger partial charge in [-0.2, -0.15) is 0 Å². The van der Waals surface area contributed by atoms with Gasteiger partial charge in [-0.15, -0.1) is 12.4 Å². The first-order chi connectivity index (χ1) is 10.1. The molecular formula is C15H25ClN2O4. The number of carbonyl (C=O) groups excluding carboxylic acids is 1. The molecule has 0 saturated carbocycles. The van der Waals surface area contributed by atoms with Gasteiger partial charge in [0.05, 0.1) is 26.8 Å². The molecule has 7 heteroatoms. The van der Waals surface area contributed by atoms with Crippen LogP contribution in [0.1, 0.15) is 19.8 Å². The molecule has 0 aliphatic rings. The monoisotopic (exact) mass is 332 g/mol. The second kappa shape index (κ2) is 11.0. The Labute approximate surface area is 137 Å². The topological polar surface area (TPSA) is 82.8 Å². The number of hydrogen-bond acceptors (Lipinski definition) is 5. The van der Waals surface area contributed by atoms with Gasteiger partial charge < -0.3 is 25.3 Å². The summed E-state index contributed by atoms with van der Waals surface area (Å²) in [5, 5.41) is 2.74. The van der Waals surface area contributed by atoms with Crippen molar-refractivity contribution in [2.45, 2.75) is 25.8 Å². The number of hydrogen-bond donors (Lipinski definition) is 2. The first-order valence-electron chi connectivity index (χ1n) is 6.99. The lowest BCUT2D eigenvalue weighted by molar-refractivity contribution is -0.122. The Balaban J connectivity index is 0.00000441. The van der Waals surface area contributed by atoms with Gasteiger partial charge in [-0.1, -0.05) is 13.3 Å². The maximum Gasteiger partial charge on any atom is 0.237 e. The average molecular weight is 333 g/mol. The fourth-order valence-corrected chi connectivity index (χ4v) is 1.78. The zero-order valence-corrected chi connectivity index (χ0v) is 14.1. The smallest absolute Gasteiger partial charge is 0.237 e. The standard InChI is InChI=1S/C15H24N2O4.ClH/c1-4-5-14(16)15(18)17-6-7-21-13-9-11(19-2)8-12(10-13)20-3;/h8-10,14H,4-7,16H2,1-3H3,(H,17,18);1H. The molecule has 1 unspecified atom stereocenters. The summed E-state index contributed by atoms with van der Waals surface area (Å²) in [5.41, 5.74) is 5.71. The number of rotatable bonds is 9. The molecule has 0 heterocycles. The highest BCUT2D eigenvalue weighted by Crippen LogP contribution is 2.27. The molecule has 0 saturated heterocycles. The van der Waals surface area contributed by atoms with Crippen LogP contribution in [0.25, 0.3) is 0 Å². The minimum Gasteiger partial charge on any atom is -0.496 e. The second-order valence-corrected chi connectivity index (χ2v) is 4.58. The number of benzene rings is 1. The van der Waals surface area contributed by atoms with E-state index in [0.717, 1.165) is 6.42 Å². The number of ether oxygens (including phenoxy) is 3. The number of methoxy groups -OCH3 is 2. The predicted molar refractivity (Wildman–Crippen MR) is 88.2 cm³/mol. The van der Waals surface area contributed by atoms with E-state index >= 15 is 0 Å². The van der Waals surface area contributed by atoms with Gasteiger partial charge in [-0.05, 0) is 6.42 Å². The first kappa shape index (κ1) is 20.3. The Kier molecular flexibility index (Phi) is 10.2. The van der Waals surface area contributed by atoms with Crippen LogP contribution in [-0.2, 0) is 4.79 Å². The summed E-state index contributed by atoms with van der Waals surface area (Å²) < 4.78 is 15.9. The molecule has 1 rings (SSSR count). The lowest BCUT2D eigenvalue weighted by Crippen LogP contribution is -2.41. The second-order valence-electron chi connectivity index (χ2n) is 4.58. The number of nitrogens with two attached hydrogens (primary N) is 1. The Hall–Kier alpha value is -1.66. The lowest BCUT2D eigenvalue weighted by Gasteiger charge is -2.13. The third kappa shape index (κ3) is 6.87. The zero-order chi connectivity index (χ0) is 15.7. The van der Waals surface area contributed by atoms with Crippen molar-refractivity contribution in [3.05, 3.63) is 18.2 Å². The fraction of sp³-hybridized carbons (Fsp3) is 0.533. The van der Waals surface area contributed by atoms with Gasteiger partial charge in [0.15, 0.2) is 0 Å². The summed E-state index contributed by atoms with van der Waals surface area (Å²) in [6.07, 6.45) is 1.56. The third-order valence-electron chi connectivity index (χ3n) is 2.93. The van der Waals surface area contributed by atoms with Crippen LogP contribution < -0.4 is 25.3 Å². The van der Waals surface area contributed by atoms with E-state index < -0.39 is 6.04 Å². The van der Waals surface area contributed by atoms with E-state index in [2.05, 4.69) is 5.32 Å². The van der Waals surface area contributed by atoms with E-state index in [-0.39, 0.29) is 18.3 Å². The van der Waals surface area contributed by atoms with E-state index in [1.807, 2.05) is 6.92 Å². The Bertz CT molecular complexity index is 435. The zero-order valence-electron chi connectivity index (χ0n) is 13.3. The van der Waals surface area contributed by atoms with Crippen LogP contribution in [0.2, 0.25) is 0 Å². The molecule has 1 amide bonds. The molecule has 0 aromatic heterocycles. The average Bonchev–Trinajstić information content (AvgIpc) is 2.51. The Morgan fingerprint density at radius 3 is 2.23 bits per heavy atom. The molecule has 1 aromatic rings. The van der Waals surface area contributed by atoms with E-state index in [0.29, 0.717) is 36.8 Å². The van der Waals surface area contributed by atoms with Crippen LogP contribution in [0.5, 0.6) is 17.2 Å². The van der Waals surface area contributed by atoms with E-state index in [1.165, 1.54) is 0 Å². The molecule has 0 aliphatic heterocycles. The molecule has 1 aromatic carbocycles. The minimum absolute atomic E-state index is 0. The lowest BCUT2D eigenvalue weighted by atomic mass is 10.2. The molecule has 22 heavy (non-hydrogen) atoms. The van der Waals surface area contributed by atoms with Gasteiger partial charge in [-0.25, -0.2) is 0 Å². The molecular weight excluding hydrogens is 308 g/mol. The number of amides is 1. The van der Waals surface area contributed by atoms with Crippen molar-refractivity contribution in [1.29, 1.82) is 0 Å². The molecule has 1 atom stereocenters. The van der Waals surface area contributed by atoms with Gasteiger partial charge in [-0.3, -0.25) is 4.79 Å². The van der Waals surface area contributed by atoms with Gasteiger partial charge in [0.2, 0.25) is 5.91 Å². The highest BCUT2D eigenvalue weighted by atomic mass is 35.5. The van der Waals surface area contributed by atoms with Gasteiger partial charge in [0, 0.05) is 18.2 Å². The van der Waals surface area contributed by atoms with Crippen LogP contribution >= 0.6 is 12.4 Å². The molecule has 0 fully saturated rings. The van der Waals surface area contributed by atoms with Gasteiger partial charge >= 0.3 is 0 Å². The number of nitrogens with one attached hydrogen (secondary N) is 1. The van der Waals surface area contributed by atoms with Gasteiger partial charge in [0.1, 0.15) is 23.9 Å². The molecule has 0 aliphatic carbocycles. The fourth-order valence-electron chi connectivity index (χ4n) is 1.78. The van der Waals surface area contributed by atoms with Gasteiger partial charge in [0.25, 0.3) is 0 Å². The predicted octanol–water partition coefficient (Wildman–Crippen LogP) is 1.75. The third-order valence-corrected chi connectivity index (χ3v) is 2.93. The van der Waals surface area contributed by atoms with Crippen molar-refractivity contribution in [2.75, 3.05) is 27.4 Å². The molecule has 0 bridgehead atoms. The molecule has 0 spiro atoms. The maximum atomic E-state index is 11.6. The quantitative estimate of drug-likeness (QED) is 0.673. The van der Waals surface area contributed by atoms with Crippen LogP contribution in [-0.4, -0.2) is 39.3 Å². The van der Waals surface area contributed by atoms with Crippen molar-refractivity contribution in [2.24, 2.45) is 5.73 Å².